The van der Waals surface area contributed by atoms with E-state index in [1.54, 1.807) is 6.07 Å². The van der Waals surface area contributed by atoms with Gasteiger partial charge in [-0.3, -0.25) is 4.98 Å². The number of hydrogen-bond acceptors (Lipinski definition) is 4. The van der Waals surface area contributed by atoms with E-state index in [-0.39, 0.29) is 11.3 Å². The molecule has 1 aliphatic carbocycles. The van der Waals surface area contributed by atoms with Crippen LogP contribution in [-0.4, -0.2) is 21.0 Å². The first-order valence-corrected chi connectivity index (χ1v) is 6.08. The predicted molar refractivity (Wildman–Crippen MR) is 67.5 cm³/mol. The zero-order valence-electron chi connectivity index (χ0n) is 10.2. The van der Waals surface area contributed by atoms with E-state index in [1.165, 1.54) is 24.0 Å². The first-order chi connectivity index (χ1) is 9.24. The zero-order valence-corrected chi connectivity index (χ0v) is 10.2. The van der Waals surface area contributed by atoms with Crippen LogP contribution in [0.15, 0.2) is 30.6 Å². The van der Waals surface area contributed by atoms with Gasteiger partial charge in [0.15, 0.2) is 5.75 Å². The summed E-state index contributed by atoms with van der Waals surface area (Å²) in [5, 5.41) is 9.07. The molecule has 0 saturated heterocycles. The highest BCUT2D eigenvalue weighted by atomic mass is 16.5. The summed E-state index contributed by atoms with van der Waals surface area (Å²) < 4.78 is 5.54. The molecule has 5 nitrogen and oxygen atoms in total. The summed E-state index contributed by atoms with van der Waals surface area (Å²) in [6.45, 7) is 0. The van der Waals surface area contributed by atoms with Gasteiger partial charge in [0.2, 0.25) is 5.88 Å². The van der Waals surface area contributed by atoms with Crippen molar-refractivity contribution in [2.45, 2.75) is 19.3 Å². The van der Waals surface area contributed by atoms with Crippen LogP contribution < -0.4 is 4.74 Å². The number of pyridine rings is 2. The molecule has 19 heavy (non-hydrogen) atoms. The fourth-order valence-corrected chi connectivity index (χ4v) is 2.21. The maximum atomic E-state index is 11.1. The molecule has 0 unspecified atom stereocenters. The molecule has 0 radical (unpaired) electrons. The van der Waals surface area contributed by atoms with Gasteiger partial charge in [-0.2, -0.15) is 0 Å². The van der Waals surface area contributed by atoms with Crippen molar-refractivity contribution in [1.82, 2.24) is 9.97 Å². The third kappa shape index (κ3) is 2.27. The molecule has 1 N–H and O–H groups in total. The fraction of sp³-hybridized carbons (Fsp3) is 0.214. The molecule has 1 aliphatic rings. The second kappa shape index (κ2) is 4.68. The summed E-state index contributed by atoms with van der Waals surface area (Å²) in [5.74, 6) is -0.421. The molecule has 0 aliphatic heterocycles. The maximum Gasteiger partial charge on any atom is 0.339 e. The third-order valence-electron chi connectivity index (χ3n) is 3.13. The number of aromatic carboxylic acids is 1. The van der Waals surface area contributed by atoms with Crippen LogP contribution in [-0.2, 0) is 12.8 Å². The third-order valence-corrected chi connectivity index (χ3v) is 3.13. The lowest BCUT2D eigenvalue weighted by molar-refractivity contribution is 0.0694. The minimum atomic E-state index is -1.04. The minimum absolute atomic E-state index is 0.0808. The lowest BCUT2D eigenvalue weighted by atomic mass is 10.2. The number of carbonyl (C=O) groups is 1. The van der Waals surface area contributed by atoms with E-state index in [1.807, 2.05) is 6.07 Å². The average molecular weight is 256 g/mol. The predicted octanol–water partition coefficient (Wildman–Crippen LogP) is 2.46. The Morgan fingerprint density at radius 3 is 3.00 bits per heavy atom. The Kier molecular flexibility index (Phi) is 2.87. The summed E-state index contributed by atoms with van der Waals surface area (Å²) in [5.41, 5.74) is 2.37. The lowest BCUT2D eigenvalue weighted by Crippen LogP contribution is -2.01. The van der Waals surface area contributed by atoms with E-state index in [0.717, 1.165) is 25.0 Å². The summed E-state index contributed by atoms with van der Waals surface area (Å²) in [4.78, 5) is 19.4. The fourth-order valence-electron chi connectivity index (χ4n) is 2.21. The molecule has 0 spiro atoms. The topological polar surface area (TPSA) is 72.3 Å². The van der Waals surface area contributed by atoms with E-state index in [4.69, 9.17) is 9.84 Å². The van der Waals surface area contributed by atoms with Crippen molar-refractivity contribution in [3.05, 3.63) is 47.4 Å². The van der Waals surface area contributed by atoms with E-state index < -0.39 is 5.97 Å². The SMILES string of the molecule is O=C(O)c1ccncc1Oc1ccc2c(n1)CCC2. The van der Waals surface area contributed by atoms with Gasteiger partial charge in [-0.15, -0.1) is 0 Å². The Morgan fingerprint density at radius 2 is 2.16 bits per heavy atom. The molecule has 2 aromatic rings. The van der Waals surface area contributed by atoms with Crippen LogP contribution in [0.5, 0.6) is 11.6 Å². The van der Waals surface area contributed by atoms with Gasteiger partial charge in [0.25, 0.3) is 0 Å². The van der Waals surface area contributed by atoms with Crippen LogP contribution in [0.4, 0.5) is 0 Å². The smallest absolute Gasteiger partial charge is 0.339 e. The summed E-state index contributed by atoms with van der Waals surface area (Å²) in [6, 6.07) is 5.16. The van der Waals surface area contributed by atoms with Gasteiger partial charge in [-0.25, -0.2) is 9.78 Å². The number of hydrogen-bond donors (Lipinski definition) is 1. The number of carboxylic acids is 1. The highest BCUT2D eigenvalue weighted by molar-refractivity contribution is 5.90. The van der Waals surface area contributed by atoms with Gasteiger partial charge < -0.3 is 9.84 Å². The summed E-state index contributed by atoms with van der Waals surface area (Å²) in [6.07, 6.45) is 5.92. The van der Waals surface area contributed by atoms with Crippen LogP contribution in [0.1, 0.15) is 28.0 Å². The van der Waals surface area contributed by atoms with Crippen LogP contribution in [0.3, 0.4) is 0 Å². The lowest BCUT2D eigenvalue weighted by Gasteiger charge is -2.08. The van der Waals surface area contributed by atoms with Crippen LogP contribution >= 0.6 is 0 Å². The highest BCUT2D eigenvalue weighted by Crippen LogP contribution is 2.27. The standard InChI is InChI=1S/C14H12N2O3/c17-14(18)10-6-7-15-8-12(10)19-13-5-4-9-2-1-3-11(9)16-13/h4-8H,1-3H2,(H,17,18). The monoisotopic (exact) mass is 256 g/mol. The van der Waals surface area contributed by atoms with Crippen LogP contribution in [0.2, 0.25) is 0 Å². The molecule has 3 rings (SSSR count). The van der Waals surface area contributed by atoms with E-state index >= 15 is 0 Å². The largest absolute Gasteiger partial charge is 0.478 e. The van der Waals surface area contributed by atoms with E-state index in [2.05, 4.69) is 9.97 Å². The average Bonchev–Trinajstić information content (AvgIpc) is 2.86. The quantitative estimate of drug-likeness (QED) is 0.913. The highest BCUT2D eigenvalue weighted by Gasteiger charge is 2.15. The molecular weight excluding hydrogens is 244 g/mol. The van der Waals surface area contributed by atoms with Crippen molar-refractivity contribution >= 4 is 5.97 Å². The Balaban J connectivity index is 1.91. The Labute approximate surface area is 109 Å². The Hall–Kier alpha value is -2.43. The first kappa shape index (κ1) is 11.6. The van der Waals surface area contributed by atoms with Crippen LogP contribution in [0, 0.1) is 0 Å². The molecular formula is C14H12N2O3. The molecule has 0 amide bonds. The normalized spacial score (nSPS) is 13.1. The number of ether oxygens (including phenoxy) is 1. The maximum absolute atomic E-state index is 11.1. The molecule has 96 valence electrons. The molecule has 0 fully saturated rings. The van der Waals surface area contributed by atoms with Gasteiger partial charge in [0.1, 0.15) is 5.56 Å². The van der Waals surface area contributed by atoms with Crippen molar-refractivity contribution in [2.75, 3.05) is 0 Å². The minimum Gasteiger partial charge on any atom is -0.478 e. The molecule has 0 bridgehead atoms. The van der Waals surface area contributed by atoms with Gasteiger partial charge in [0.05, 0.1) is 6.20 Å². The molecule has 0 saturated carbocycles. The molecule has 2 heterocycles. The number of rotatable bonds is 3. The van der Waals surface area contributed by atoms with Crippen molar-refractivity contribution in [2.24, 2.45) is 0 Å². The molecule has 0 aromatic carbocycles. The Morgan fingerprint density at radius 1 is 1.26 bits per heavy atom. The summed E-state index contributed by atoms with van der Waals surface area (Å²) >= 11 is 0. The van der Waals surface area contributed by atoms with Crippen molar-refractivity contribution in [3.8, 4) is 11.6 Å². The summed E-state index contributed by atoms with van der Waals surface area (Å²) in [7, 11) is 0. The van der Waals surface area contributed by atoms with E-state index in [0.29, 0.717) is 5.88 Å². The van der Waals surface area contributed by atoms with E-state index in [9.17, 15) is 4.79 Å². The first-order valence-electron chi connectivity index (χ1n) is 6.08. The van der Waals surface area contributed by atoms with Crippen molar-refractivity contribution in [3.63, 3.8) is 0 Å². The molecule has 2 aromatic heterocycles. The van der Waals surface area contributed by atoms with Gasteiger partial charge in [-0.1, -0.05) is 6.07 Å². The van der Waals surface area contributed by atoms with Gasteiger partial charge >= 0.3 is 5.97 Å². The van der Waals surface area contributed by atoms with Gasteiger partial charge in [0, 0.05) is 18.0 Å². The number of nitrogens with zero attached hydrogens (tertiary/aromatic N) is 2. The number of fused-ring (bicyclic) bond motifs is 1. The second-order valence-electron chi connectivity index (χ2n) is 4.39. The van der Waals surface area contributed by atoms with Crippen molar-refractivity contribution < 1.29 is 14.6 Å². The zero-order chi connectivity index (χ0) is 13.2. The number of aryl methyl sites for hydroxylation is 2. The molecule has 5 heteroatoms. The van der Waals surface area contributed by atoms with Gasteiger partial charge in [-0.05, 0) is 30.9 Å². The number of carboxylic acid groups (broad SMARTS) is 1. The van der Waals surface area contributed by atoms with Crippen molar-refractivity contribution in [1.29, 1.82) is 0 Å². The second-order valence-corrected chi connectivity index (χ2v) is 4.39. The molecule has 0 atom stereocenters. The number of aromatic nitrogens is 2. The Bertz CT molecular complexity index is 640. The van der Waals surface area contributed by atoms with Crippen LogP contribution in [0.25, 0.3) is 0 Å².